The Kier molecular flexibility index (Phi) is 19.9. The lowest BCUT2D eigenvalue weighted by Crippen LogP contribution is -1.96. The summed E-state index contributed by atoms with van der Waals surface area (Å²) < 4.78 is 14.5. The maximum Gasteiger partial charge on any atom is 0.0619 e. The first kappa shape index (κ1) is 80.5. The van der Waals surface area contributed by atoms with E-state index in [0.29, 0.717) is 0 Å². The second-order valence-corrected chi connectivity index (χ2v) is 35.7. The molecule has 0 aliphatic heterocycles. The Morgan fingerprint density at radius 2 is 0.326 bits per heavy atom. The molecule has 6 nitrogen and oxygen atoms in total. The van der Waals surface area contributed by atoms with Gasteiger partial charge in [-0.3, -0.25) is 0 Å². The van der Waals surface area contributed by atoms with Crippen molar-refractivity contribution in [3.63, 3.8) is 0 Å². The van der Waals surface area contributed by atoms with Crippen LogP contribution < -0.4 is 0 Å². The second-order valence-electron chi connectivity index (χ2n) is 35.7. The molecule has 646 valence electrons. The summed E-state index contributed by atoms with van der Waals surface area (Å²) in [5.41, 5.74) is 38.6. The Labute approximate surface area is 798 Å². The molecule has 0 radical (unpaired) electrons. The van der Waals surface area contributed by atoms with Gasteiger partial charge in [-0.1, -0.05) is 394 Å². The van der Waals surface area contributed by atoms with E-state index < -0.39 is 0 Å². The van der Waals surface area contributed by atoms with Crippen LogP contribution in [0.15, 0.2) is 534 Å². The van der Waals surface area contributed by atoms with E-state index in [1.807, 2.05) is 0 Å². The van der Waals surface area contributed by atoms with Crippen LogP contribution >= 0.6 is 0 Å². The van der Waals surface area contributed by atoms with Crippen molar-refractivity contribution in [2.45, 2.75) is 0 Å². The Balaban J connectivity index is 0.000000107. The van der Waals surface area contributed by atoms with Gasteiger partial charge in [0.15, 0.2) is 0 Å². The van der Waals surface area contributed by atoms with E-state index in [0.717, 1.165) is 22.7 Å². The van der Waals surface area contributed by atoms with Crippen molar-refractivity contribution in [3.05, 3.63) is 534 Å². The molecule has 138 heavy (non-hydrogen) atoms. The van der Waals surface area contributed by atoms with Crippen molar-refractivity contribution in [1.82, 2.24) is 27.4 Å². The zero-order chi connectivity index (χ0) is 91.1. The van der Waals surface area contributed by atoms with Gasteiger partial charge < -0.3 is 27.4 Å². The highest BCUT2D eigenvalue weighted by molar-refractivity contribution is 6.23. The molecule has 28 rings (SSSR count). The van der Waals surface area contributed by atoms with Crippen LogP contribution in [0.1, 0.15) is 0 Å². The van der Waals surface area contributed by atoms with Crippen molar-refractivity contribution in [2.75, 3.05) is 0 Å². The van der Waals surface area contributed by atoms with Crippen LogP contribution in [-0.2, 0) is 0 Å². The van der Waals surface area contributed by atoms with Gasteiger partial charge in [0, 0.05) is 104 Å². The maximum absolute atomic E-state index is 2.43. The van der Waals surface area contributed by atoms with E-state index in [2.05, 4.69) is 561 Å². The topological polar surface area (TPSA) is 29.6 Å². The first-order valence-electron chi connectivity index (χ1n) is 47.4. The van der Waals surface area contributed by atoms with Gasteiger partial charge in [0.05, 0.1) is 66.2 Å². The molecule has 0 spiro atoms. The molecule has 0 fully saturated rings. The Morgan fingerprint density at radius 1 is 0.101 bits per heavy atom. The van der Waals surface area contributed by atoms with Crippen molar-refractivity contribution >= 4 is 131 Å². The first-order valence-corrected chi connectivity index (χ1v) is 47.4. The van der Waals surface area contributed by atoms with E-state index in [-0.39, 0.29) is 0 Å². The third kappa shape index (κ3) is 13.7. The fourth-order valence-electron chi connectivity index (χ4n) is 21.9. The maximum atomic E-state index is 2.43. The summed E-state index contributed by atoms with van der Waals surface area (Å²) in [7, 11) is 0. The summed E-state index contributed by atoms with van der Waals surface area (Å²) in [6.07, 6.45) is 0. The number of rotatable bonds is 13. The molecule has 0 bridgehead atoms. The lowest BCUT2D eigenvalue weighted by Gasteiger charge is -2.13. The third-order valence-corrected chi connectivity index (χ3v) is 28.0. The van der Waals surface area contributed by atoms with Crippen molar-refractivity contribution in [3.8, 4) is 112 Å². The number of benzene rings is 22. The summed E-state index contributed by atoms with van der Waals surface area (Å²) >= 11 is 0. The van der Waals surface area contributed by atoms with Gasteiger partial charge in [0.2, 0.25) is 0 Å². The molecule has 0 saturated heterocycles. The average Bonchev–Trinajstić information content (AvgIpc) is 1.57. The molecular weight excluding hydrogens is 1670 g/mol. The third-order valence-electron chi connectivity index (χ3n) is 28.0. The molecule has 6 aromatic heterocycles. The molecule has 0 aliphatic carbocycles. The van der Waals surface area contributed by atoms with Gasteiger partial charge in [0.1, 0.15) is 0 Å². The van der Waals surface area contributed by atoms with E-state index in [9.17, 15) is 0 Å². The SMILES string of the molecule is c1ccc(-c2ccc(-n3c4ccccc4c4ccc(-c5cccc6c5c5ccccc5n6-c5cccc(-c6ccccc6)c5)cc43)cc2)cc1.c1ccc(-c2ccc(-n3c4ccccc4c4ccc(-c5cccc6c5c5ccccc5n6-c5ccccc5)cc43)cc2)cc1.c1ccc(-c2cccc(-n3c4ccccc4c4c(-c5cccc6c7ccccc7n(-c7ccccc7)c56)cccc43)c2)cc1. The van der Waals surface area contributed by atoms with Crippen LogP contribution in [0.25, 0.3) is 243 Å². The average molecular weight is 1760 g/mol. The molecule has 0 atom stereocenters. The second kappa shape index (κ2) is 34.0. The van der Waals surface area contributed by atoms with Crippen LogP contribution in [0, 0.1) is 0 Å². The van der Waals surface area contributed by atoms with E-state index >= 15 is 0 Å². The van der Waals surface area contributed by atoms with Gasteiger partial charge >= 0.3 is 0 Å². The summed E-state index contributed by atoms with van der Waals surface area (Å²) in [5, 5.41) is 15.1. The lowest BCUT2D eigenvalue weighted by molar-refractivity contribution is 1.18. The quantitative estimate of drug-likeness (QED) is 0.110. The Bertz CT molecular complexity index is 9530. The standard InChI is InChI=1S/C48H32N2.2C42H28N2/c1-3-13-33(14-4-1)35-25-28-38(29-26-35)49-44-22-9-7-19-41(44)42-30-27-37(32-47(42)49)40-21-12-24-46-48(40)43-20-8-10-23-45(43)50(46)39-18-11-17-36(31-39)34-15-5-2-6-16-34;1-3-14-29(15-4-1)30-16-11-19-32(28-30)43-39-26-10-8-21-37(39)41-34(22-13-27-40(41)43)36-24-12-23-35-33-20-7-9-25-38(33)44(42(35)36)31-17-5-2-6-18-31;1-3-12-29(13-4-1)30-22-25-33(26-23-30)44-38-19-9-7-16-35(38)36-27-24-31(28-41(36)44)34-18-11-21-40-42(34)37-17-8-10-20-39(37)43(40)32-14-5-2-6-15-32/h1-32H;2*1-28H. The highest BCUT2D eigenvalue weighted by atomic mass is 15.0. The molecule has 22 aromatic carbocycles. The van der Waals surface area contributed by atoms with Crippen LogP contribution in [0.2, 0.25) is 0 Å². The molecule has 0 aliphatic rings. The minimum atomic E-state index is 1.15. The number of aromatic nitrogens is 6. The zero-order valence-electron chi connectivity index (χ0n) is 75.5. The minimum Gasteiger partial charge on any atom is -0.309 e. The first-order chi connectivity index (χ1) is 68.5. The zero-order valence-corrected chi connectivity index (χ0v) is 75.5. The molecule has 0 amide bonds. The largest absolute Gasteiger partial charge is 0.309 e. The monoisotopic (exact) mass is 1760 g/mol. The van der Waals surface area contributed by atoms with Crippen molar-refractivity contribution < 1.29 is 0 Å². The van der Waals surface area contributed by atoms with Gasteiger partial charge in [-0.05, 0) is 212 Å². The van der Waals surface area contributed by atoms with Crippen LogP contribution in [0.3, 0.4) is 0 Å². The van der Waals surface area contributed by atoms with Crippen molar-refractivity contribution in [1.29, 1.82) is 0 Å². The number of hydrogen-bond acceptors (Lipinski definition) is 0. The van der Waals surface area contributed by atoms with Gasteiger partial charge in [-0.25, -0.2) is 0 Å². The number of nitrogens with zero attached hydrogens (tertiary/aromatic N) is 6. The summed E-state index contributed by atoms with van der Waals surface area (Å²) in [5.74, 6) is 0. The van der Waals surface area contributed by atoms with Crippen LogP contribution in [-0.4, -0.2) is 27.4 Å². The Morgan fingerprint density at radius 3 is 0.725 bits per heavy atom. The predicted molar refractivity (Wildman–Crippen MR) is 583 cm³/mol. The van der Waals surface area contributed by atoms with Gasteiger partial charge in [-0.2, -0.15) is 0 Å². The fraction of sp³-hybridized carbons (Fsp3) is 0. The molecular formula is C132H88N6. The smallest absolute Gasteiger partial charge is 0.0619 e. The normalized spacial score (nSPS) is 11.6. The molecule has 28 aromatic rings. The summed E-state index contributed by atoms with van der Waals surface area (Å²) in [6, 6.07) is 193. The number of para-hydroxylation sites is 9. The van der Waals surface area contributed by atoms with E-state index in [4.69, 9.17) is 0 Å². The fourth-order valence-corrected chi connectivity index (χ4v) is 21.9. The molecule has 6 heteroatoms. The van der Waals surface area contributed by atoms with E-state index in [1.165, 1.54) is 220 Å². The van der Waals surface area contributed by atoms with Crippen LogP contribution in [0.4, 0.5) is 0 Å². The molecule has 0 unspecified atom stereocenters. The summed E-state index contributed by atoms with van der Waals surface area (Å²) in [4.78, 5) is 0. The number of fused-ring (bicyclic) bond motifs is 18. The lowest BCUT2D eigenvalue weighted by atomic mass is 9.97. The molecule has 0 N–H and O–H groups in total. The number of hydrogen-bond donors (Lipinski definition) is 0. The minimum absolute atomic E-state index is 1.15. The molecule has 0 saturated carbocycles. The van der Waals surface area contributed by atoms with Crippen molar-refractivity contribution in [2.24, 2.45) is 0 Å². The Hall–Kier alpha value is -18.4. The van der Waals surface area contributed by atoms with E-state index in [1.54, 1.807) is 0 Å². The summed E-state index contributed by atoms with van der Waals surface area (Å²) in [6.45, 7) is 0. The highest BCUT2D eigenvalue weighted by Gasteiger charge is 2.26. The predicted octanol–water partition coefficient (Wildman–Crippen LogP) is 35.3. The van der Waals surface area contributed by atoms with Gasteiger partial charge in [0.25, 0.3) is 0 Å². The van der Waals surface area contributed by atoms with Crippen LogP contribution in [0.5, 0.6) is 0 Å². The highest BCUT2D eigenvalue weighted by Crippen LogP contribution is 2.48. The van der Waals surface area contributed by atoms with Gasteiger partial charge in [-0.15, -0.1) is 0 Å². The molecule has 6 heterocycles.